The fourth-order valence-electron chi connectivity index (χ4n) is 3.64. The molecule has 2 aromatic carbocycles. The zero-order chi connectivity index (χ0) is 21.6. The fourth-order valence-corrected chi connectivity index (χ4v) is 5.19. The zero-order valence-corrected chi connectivity index (χ0v) is 17.3. The van der Waals surface area contributed by atoms with E-state index in [1.807, 2.05) is 30.3 Å². The molecule has 0 N–H and O–H groups in total. The van der Waals surface area contributed by atoms with Gasteiger partial charge in [-0.05, 0) is 43.2 Å². The number of esters is 1. The van der Waals surface area contributed by atoms with E-state index >= 15 is 0 Å². The highest BCUT2D eigenvalue weighted by Crippen LogP contribution is 2.39. The smallest absolute Gasteiger partial charge is 0.357 e. The van der Waals surface area contributed by atoms with E-state index in [0.29, 0.717) is 5.92 Å². The molecule has 0 atom stereocenters. The largest absolute Gasteiger partial charge is 0.459 e. The molecule has 2 heterocycles. The molecule has 31 heavy (non-hydrogen) atoms. The molecule has 158 valence electrons. The van der Waals surface area contributed by atoms with Crippen LogP contribution in [-0.4, -0.2) is 47.5 Å². The standard InChI is InChI=1S/C22H19N3O5S/c26-21-17-8-4-5-9-20(17)31(28,29)24(21)12-13-30-22(27)19-14-18(15-10-11-15)23-25(19)16-6-2-1-3-7-16/h1-9,14-15H,10-13H2. The molecule has 1 aromatic heterocycles. The number of fused-ring (bicyclic) bond motifs is 1. The Morgan fingerprint density at radius 3 is 2.48 bits per heavy atom. The highest BCUT2D eigenvalue weighted by Gasteiger charge is 2.40. The fraction of sp³-hybridized carbons (Fsp3) is 0.227. The monoisotopic (exact) mass is 437 g/mol. The van der Waals surface area contributed by atoms with Gasteiger partial charge in [0.1, 0.15) is 11.5 Å². The van der Waals surface area contributed by atoms with Crippen LogP contribution in [0.5, 0.6) is 0 Å². The quantitative estimate of drug-likeness (QED) is 0.550. The molecule has 0 spiro atoms. The lowest BCUT2D eigenvalue weighted by Crippen LogP contribution is -2.33. The minimum absolute atomic E-state index is 0.0254. The van der Waals surface area contributed by atoms with Crippen molar-refractivity contribution >= 4 is 21.9 Å². The number of carbonyl (C=O) groups excluding carboxylic acids is 2. The van der Waals surface area contributed by atoms with Gasteiger partial charge >= 0.3 is 5.97 Å². The number of hydrogen-bond donors (Lipinski definition) is 0. The molecule has 3 aromatic rings. The summed E-state index contributed by atoms with van der Waals surface area (Å²) in [6.07, 6.45) is 2.07. The topological polar surface area (TPSA) is 98.6 Å². The van der Waals surface area contributed by atoms with Crippen molar-refractivity contribution in [2.75, 3.05) is 13.2 Å². The van der Waals surface area contributed by atoms with Crippen LogP contribution < -0.4 is 0 Å². The number of amides is 1. The average molecular weight is 437 g/mol. The van der Waals surface area contributed by atoms with Crippen molar-refractivity contribution in [3.63, 3.8) is 0 Å². The predicted molar refractivity (Wildman–Crippen MR) is 110 cm³/mol. The third kappa shape index (κ3) is 3.40. The highest BCUT2D eigenvalue weighted by molar-refractivity contribution is 7.90. The number of carbonyl (C=O) groups is 2. The summed E-state index contributed by atoms with van der Waals surface area (Å²) in [4.78, 5) is 25.2. The Labute approximate surface area is 179 Å². The second-order valence-corrected chi connectivity index (χ2v) is 9.32. The van der Waals surface area contributed by atoms with Gasteiger partial charge in [0.05, 0.1) is 23.5 Å². The van der Waals surface area contributed by atoms with Gasteiger partial charge in [0, 0.05) is 5.92 Å². The molecule has 2 aliphatic rings. The SMILES string of the molecule is O=C(OCCN1C(=O)c2ccccc2S1(=O)=O)c1cc(C2CC2)nn1-c1ccccc1. The van der Waals surface area contributed by atoms with E-state index in [1.165, 1.54) is 12.1 Å². The van der Waals surface area contributed by atoms with Crippen molar-refractivity contribution in [2.24, 2.45) is 0 Å². The normalized spacial score (nSPS) is 16.9. The number of aromatic nitrogens is 2. The predicted octanol–water partition coefficient (Wildman–Crippen LogP) is 2.75. The summed E-state index contributed by atoms with van der Waals surface area (Å²) in [6.45, 7) is -0.507. The Kier molecular flexibility index (Phi) is 4.62. The zero-order valence-electron chi connectivity index (χ0n) is 16.5. The van der Waals surface area contributed by atoms with Crippen molar-refractivity contribution < 1.29 is 22.7 Å². The number of rotatable bonds is 6. The molecule has 5 rings (SSSR count). The van der Waals surface area contributed by atoms with Gasteiger partial charge in [0.25, 0.3) is 15.9 Å². The number of ether oxygens (including phenoxy) is 1. The van der Waals surface area contributed by atoms with Crippen molar-refractivity contribution in [3.05, 3.63) is 77.6 Å². The van der Waals surface area contributed by atoms with Crippen molar-refractivity contribution in [1.82, 2.24) is 14.1 Å². The maximum Gasteiger partial charge on any atom is 0.357 e. The van der Waals surface area contributed by atoms with Gasteiger partial charge in [0.15, 0.2) is 5.69 Å². The summed E-state index contributed by atoms with van der Waals surface area (Å²) in [7, 11) is -3.93. The molecule has 0 bridgehead atoms. The third-order valence-corrected chi connectivity index (χ3v) is 7.21. The lowest BCUT2D eigenvalue weighted by molar-refractivity contribution is 0.0467. The summed E-state index contributed by atoms with van der Waals surface area (Å²) in [5, 5.41) is 4.57. The van der Waals surface area contributed by atoms with E-state index in [-0.39, 0.29) is 29.3 Å². The van der Waals surface area contributed by atoms with Crippen molar-refractivity contribution in [2.45, 2.75) is 23.7 Å². The Morgan fingerprint density at radius 1 is 1.06 bits per heavy atom. The van der Waals surface area contributed by atoms with Gasteiger partial charge in [-0.1, -0.05) is 30.3 Å². The summed E-state index contributed by atoms with van der Waals surface area (Å²) < 4.78 is 32.9. The molecule has 1 aliphatic heterocycles. The highest BCUT2D eigenvalue weighted by atomic mass is 32.2. The molecule has 1 aliphatic carbocycles. The Hall–Kier alpha value is -3.46. The number of hydrogen-bond acceptors (Lipinski definition) is 6. The number of sulfonamides is 1. The van der Waals surface area contributed by atoms with Crippen LogP contribution in [0.4, 0.5) is 0 Å². The first-order valence-corrected chi connectivity index (χ1v) is 11.4. The maximum atomic E-state index is 12.8. The van der Waals surface area contributed by atoms with Gasteiger partial charge in [-0.15, -0.1) is 0 Å². The van der Waals surface area contributed by atoms with Crippen molar-refractivity contribution in [1.29, 1.82) is 0 Å². The molecule has 1 amide bonds. The number of nitrogens with zero attached hydrogens (tertiary/aromatic N) is 3. The van der Waals surface area contributed by atoms with E-state index in [4.69, 9.17) is 4.74 Å². The Bertz CT molecular complexity index is 1280. The molecule has 0 saturated heterocycles. The molecule has 9 heteroatoms. The summed E-state index contributed by atoms with van der Waals surface area (Å²) in [5.74, 6) is -0.885. The number of benzene rings is 2. The van der Waals surface area contributed by atoms with Crippen LogP contribution in [0, 0.1) is 0 Å². The molecule has 1 fully saturated rings. The maximum absolute atomic E-state index is 12.8. The summed E-state index contributed by atoms with van der Waals surface area (Å²) >= 11 is 0. The molecule has 0 unspecified atom stereocenters. The van der Waals surface area contributed by atoms with Crippen LogP contribution in [0.25, 0.3) is 5.69 Å². The second kappa shape index (κ2) is 7.35. The van der Waals surface area contributed by atoms with Gasteiger partial charge in [-0.2, -0.15) is 5.10 Å². The van der Waals surface area contributed by atoms with E-state index in [2.05, 4.69) is 5.10 Å². The average Bonchev–Trinajstić information content (AvgIpc) is 3.50. The summed E-state index contributed by atoms with van der Waals surface area (Å²) in [6, 6.07) is 17.0. The van der Waals surface area contributed by atoms with E-state index in [0.717, 1.165) is 28.5 Å². The molecule has 1 saturated carbocycles. The van der Waals surface area contributed by atoms with Gasteiger partial charge in [-0.3, -0.25) is 4.79 Å². The van der Waals surface area contributed by atoms with Gasteiger partial charge in [0.2, 0.25) is 0 Å². The Balaban J connectivity index is 1.32. The third-order valence-electron chi connectivity index (χ3n) is 5.37. The lowest BCUT2D eigenvalue weighted by atomic mass is 10.2. The van der Waals surface area contributed by atoms with Crippen LogP contribution >= 0.6 is 0 Å². The first kappa shape index (κ1) is 19.5. The van der Waals surface area contributed by atoms with E-state index in [9.17, 15) is 18.0 Å². The van der Waals surface area contributed by atoms with Crippen LogP contribution in [-0.2, 0) is 14.8 Å². The van der Waals surface area contributed by atoms with Crippen molar-refractivity contribution in [3.8, 4) is 5.69 Å². The minimum atomic E-state index is -3.93. The van der Waals surface area contributed by atoms with Crippen LogP contribution in [0.3, 0.4) is 0 Å². The molecule has 0 radical (unpaired) electrons. The Morgan fingerprint density at radius 2 is 1.77 bits per heavy atom. The minimum Gasteiger partial charge on any atom is -0.459 e. The first-order valence-electron chi connectivity index (χ1n) is 9.95. The van der Waals surface area contributed by atoms with E-state index < -0.39 is 21.9 Å². The molecular formula is C22H19N3O5S. The number of para-hydroxylation sites is 1. The second-order valence-electron chi connectivity index (χ2n) is 7.49. The van der Waals surface area contributed by atoms with Crippen LogP contribution in [0.2, 0.25) is 0 Å². The van der Waals surface area contributed by atoms with Gasteiger partial charge < -0.3 is 4.74 Å². The first-order chi connectivity index (χ1) is 15.0. The molecular weight excluding hydrogens is 418 g/mol. The lowest BCUT2D eigenvalue weighted by Gasteiger charge is -2.15. The van der Waals surface area contributed by atoms with Crippen LogP contribution in [0.15, 0.2) is 65.6 Å². The summed E-state index contributed by atoms with van der Waals surface area (Å²) in [5.41, 5.74) is 1.97. The molecule has 8 nitrogen and oxygen atoms in total. The van der Waals surface area contributed by atoms with E-state index in [1.54, 1.807) is 22.9 Å². The van der Waals surface area contributed by atoms with Gasteiger partial charge in [-0.25, -0.2) is 22.2 Å². The van der Waals surface area contributed by atoms with Crippen LogP contribution in [0.1, 0.15) is 45.3 Å².